The molecular weight excluding hydrogens is 380 g/mol. The van der Waals surface area contributed by atoms with Crippen LogP contribution >= 0.6 is 0 Å². The summed E-state index contributed by atoms with van der Waals surface area (Å²) in [6, 6.07) is 13.2. The lowest BCUT2D eigenvalue weighted by Gasteiger charge is -2.30. The van der Waals surface area contributed by atoms with E-state index in [-0.39, 0.29) is 11.9 Å². The number of benzene rings is 2. The number of nitrogens with zero attached hydrogens (tertiary/aromatic N) is 1. The smallest absolute Gasteiger partial charge is 0.251 e. The van der Waals surface area contributed by atoms with Gasteiger partial charge in [-0.15, -0.1) is 0 Å². The summed E-state index contributed by atoms with van der Waals surface area (Å²) in [4.78, 5) is 15.1. The van der Waals surface area contributed by atoms with Gasteiger partial charge in [0.05, 0.1) is 20.3 Å². The number of nitrogens with one attached hydrogen (secondary N) is 1. The second-order valence-corrected chi connectivity index (χ2v) is 6.69. The molecule has 1 amide bonds. The van der Waals surface area contributed by atoms with Crippen LogP contribution < -0.4 is 19.5 Å². The van der Waals surface area contributed by atoms with Gasteiger partial charge in [-0.3, -0.25) is 9.69 Å². The number of hydrogen-bond acceptors (Lipinski definition) is 5. The lowest BCUT2D eigenvalue weighted by Crippen LogP contribution is -2.38. The van der Waals surface area contributed by atoms with Gasteiger partial charge in [0, 0.05) is 12.1 Å². The minimum absolute atomic E-state index is 0.0381. The van der Waals surface area contributed by atoms with E-state index in [0.29, 0.717) is 30.2 Å². The van der Waals surface area contributed by atoms with E-state index < -0.39 is 0 Å². The first kappa shape index (κ1) is 23.3. The van der Waals surface area contributed by atoms with Crippen molar-refractivity contribution >= 4 is 5.91 Å². The highest BCUT2D eigenvalue weighted by Crippen LogP contribution is 2.28. The van der Waals surface area contributed by atoms with E-state index in [1.54, 1.807) is 38.5 Å². The second-order valence-electron chi connectivity index (χ2n) is 6.69. The van der Waals surface area contributed by atoms with Crippen LogP contribution in [0.4, 0.5) is 0 Å². The molecule has 0 saturated carbocycles. The SMILES string of the molecule is C=CCOc1ccc(C(=O)NCC(c2cccc(OC)c2)N(CC)CC)cc1OC. The summed E-state index contributed by atoms with van der Waals surface area (Å²) in [7, 11) is 3.21. The summed E-state index contributed by atoms with van der Waals surface area (Å²) in [5.41, 5.74) is 1.62. The first-order valence-corrected chi connectivity index (χ1v) is 10.2. The van der Waals surface area contributed by atoms with Gasteiger partial charge >= 0.3 is 0 Å². The van der Waals surface area contributed by atoms with Gasteiger partial charge in [-0.1, -0.05) is 38.6 Å². The molecule has 0 saturated heterocycles. The first-order valence-electron chi connectivity index (χ1n) is 10.2. The van der Waals surface area contributed by atoms with E-state index in [1.807, 2.05) is 18.2 Å². The molecule has 162 valence electrons. The molecule has 0 heterocycles. The average Bonchev–Trinajstić information content (AvgIpc) is 2.80. The predicted octanol–water partition coefficient (Wildman–Crippen LogP) is 4.08. The van der Waals surface area contributed by atoms with Gasteiger partial charge in [0.25, 0.3) is 5.91 Å². The van der Waals surface area contributed by atoms with Gasteiger partial charge in [-0.25, -0.2) is 0 Å². The van der Waals surface area contributed by atoms with Crippen molar-refractivity contribution < 1.29 is 19.0 Å². The Kier molecular flexibility index (Phi) is 9.22. The van der Waals surface area contributed by atoms with Crippen LogP contribution in [0.2, 0.25) is 0 Å². The molecule has 30 heavy (non-hydrogen) atoms. The van der Waals surface area contributed by atoms with Crippen LogP contribution in [0, 0.1) is 0 Å². The van der Waals surface area contributed by atoms with Crippen LogP contribution in [0.5, 0.6) is 17.2 Å². The molecule has 1 N–H and O–H groups in total. The summed E-state index contributed by atoms with van der Waals surface area (Å²) in [6.45, 7) is 10.5. The van der Waals surface area contributed by atoms with Crippen LogP contribution in [0.3, 0.4) is 0 Å². The lowest BCUT2D eigenvalue weighted by atomic mass is 10.0. The zero-order valence-electron chi connectivity index (χ0n) is 18.3. The zero-order valence-corrected chi connectivity index (χ0v) is 18.3. The van der Waals surface area contributed by atoms with Gasteiger partial charge < -0.3 is 19.5 Å². The summed E-state index contributed by atoms with van der Waals surface area (Å²) >= 11 is 0. The Hall–Kier alpha value is -2.99. The van der Waals surface area contributed by atoms with E-state index in [0.717, 1.165) is 24.4 Å². The summed E-state index contributed by atoms with van der Waals surface area (Å²) < 4.78 is 16.3. The quantitative estimate of drug-likeness (QED) is 0.532. The molecule has 2 rings (SSSR count). The molecule has 1 atom stereocenters. The number of methoxy groups -OCH3 is 2. The maximum atomic E-state index is 12.8. The number of ether oxygens (including phenoxy) is 3. The van der Waals surface area contributed by atoms with Crippen molar-refractivity contribution in [3.8, 4) is 17.2 Å². The average molecular weight is 413 g/mol. The normalized spacial score (nSPS) is 11.6. The largest absolute Gasteiger partial charge is 0.497 e. The maximum absolute atomic E-state index is 12.8. The third-order valence-corrected chi connectivity index (χ3v) is 4.97. The Bertz CT molecular complexity index is 834. The molecule has 0 radical (unpaired) electrons. The van der Waals surface area contributed by atoms with Crippen molar-refractivity contribution in [2.24, 2.45) is 0 Å². The molecule has 0 aliphatic rings. The third kappa shape index (κ3) is 6.00. The Balaban J connectivity index is 2.17. The molecule has 0 aliphatic heterocycles. The minimum atomic E-state index is -0.163. The molecule has 6 heteroatoms. The van der Waals surface area contributed by atoms with Crippen molar-refractivity contribution in [1.29, 1.82) is 0 Å². The van der Waals surface area contributed by atoms with Crippen molar-refractivity contribution in [2.45, 2.75) is 19.9 Å². The molecule has 0 spiro atoms. The third-order valence-electron chi connectivity index (χ3n) is 4.97. The van der Waals surface area contributed by atoms with Crippen molar-refractivity contribution in [2.75, 3.05) is 40.5 Å². The van der Waals surface area contributed by atoms with Gasteiger partial charge in [-0.2, -0.15) is 0 Å². The Morgan fingerprint density at radius 1 is 1.10 bits per heavy atom. The second kappa shape index (κ2) is 11.9. The first-order chi connectivity index (χ1) is 14.6. The molecular formula is C24H32N2O4. The van der Waals surface area contributed by atoms with Crippen LogP contribution in [-0.2, 0) is 0 Å². The monoisotopic (exact) mass is 412 g/mol. The molecule has 0 bridgehead atoms. The van der Waals surface area contributed by atoms with Crippen LogP contribution in [0.15, 0.2) is 55.1 Å². The van der Waals surface area contributed by atoms with Gasteiger partial charge in [-0.05, 0) is 49.0 Å². The Morgan fingerprint density at radius 3 is 2.50 bits per heavy atom. The Labute approximate surface area is 179 Å². The number of carbonyl (C=O) groups is 1. The highest BCUT2D eigenvalue weighted by Gasteiger charge is 2.20. The topological polar surface area (TPSA) is 60.0 Å². The van der Waals surface area contributed by atoms with E-state index in [2.05, 4.69) is 36.7 Å². The number of hydrogen-bond donors (Lipinski definition) is 1. The molecule has 0 fully saturated rings. The van der Waals surface area contributed by atoms with E-state index >= 15 is 0 Å². The van der Waals surface area contributed by atoms with Crippen molar-refractivity contribution in [3.05, 3.63) is 66.2 Å². The fourth-order valence-electron chi connectivity index (χ4n) is 3.34. The summed E-state index contributed by atoms with van der Waals surface area (Å²) in [6.07, 6.45) is 1.66. The highest BCUT2D eigenvalue weighted by atomic mass is 16.5. The molecule has 6 nitrogen and oxygen atoms in total. The number of rotatable bonds is 12. The molecule has 2 aromatic carbocycles. The standard InChI is InChI=1S/C24H32N2O4/c1-6-14-30-22-13-12-19(16-23(22)29-5)24(27)25-17-21(26(7-2)8-3)18-10-9-11-20(15-18)28-4/h6,9-13,15-16,21H,1,7-8,14,17H2,2-5H3,(H,25,27). The maximum Gasteiger partial charge on any atom is 0.251 e. The number of amides is 1. The predicted molar refractivity (Wildman–Crippen MR) is 120 cm³/mol. The molecule has 0 aliphatic carbocycles. The van der Waals surface area contributed by atoms with E-state index in [1.165, 1.54) is 0 Å². The molecule has 1 unspecified atom stereocenters. The van der Waals surface area contributed by atoms with Crippen LogP contribution in [0.25, 0.3) is 0 Å². The van der Waals surface area contributed by atoms with Crippen LogP contribution in [-0.4, -0.2) is 51.3 Å². The lowest BCUT2D eigenvalue weighted by molar-refractivity contribution is 0.0934. The van der Waals surface area contributed by atoms with Gasteiger partial charge in [0.15, 0.2) is 11.5 Å². The fraction of sp³-hybridized carbons (Fsp3) is 0.375. The summed E-state index contributed by atoms with van der Waals surface area (Å²) in [5.74, 6) is 1.73. The van der Waals surface area contributed by atoms with Crippen molar-refractivity contribution in [3.63, 3.8) is 0 Å². The molecule has 2 aromatic rings. The van der Waals surface area contributed by atoms with Gasteiger partial charge in [0.1, 0.15) is 12.4 Å². The highest BCUT2D eigenvalue weighted by molar-refractivity contribution is 5.94. The van der Waals surface area contributed by atoms with Gasteiger partial charge in [0.2, 0.25) is 0 Å². The Morgan fingerprint density at radius 2 is 1.87 bits per heavy atom. The number of likely N-dealkylation sites (N-methyl/N-ethyl adjacent to an activating group) is 1. The zero-order chi connectivity index (χ0) is 21.9. The molecule has 0 aromatic heterocycles. The minimum Gasteiger partial charge on any atom is -0.497 e. The fourth-order valence-corrected chi connectivity index (χ4v) is 3.34. The summed E-state index contributed by atoms with van der Waals surface area (Å²) in [5, 5.41) is 3.06. The van der Waals surface area contributed by atoms with Crippen LogP contribution in [0.1, 0.15) is 35.8 Å². The van der Waals surface area contributed by atoms with E-state index in [4.69, 9.17) is 14.2 Å². The van der Waals surface area contributed by atoms with Crippen molar-refractivity contribution in [1.82, 2.24) is 10.2 Å². The number of carbonyl (C=O) groups excluding carboxylic acids is 1. The van der Waals surface area contributed by atoms with E-state index in [9.17, 15) is 4.79 Å².